The molecule has 3 aliphatic rings. The molecule has 0 aromatic heterocycles. The summed E-state index contributed by atoms with van der Waals surface area (Å²) in [5.74, 6) is 1.60. The average Bonchev–Trinajstić information content (AvgIpc) is 3.10. The molecule has 2 aromatic rings. The van der Waals surface area contributed by atoms with Gasteiger partial charge in [-0.1, -0.05) is 36.7 Å². The molecule has 8 heteroatoms. The normalized spacial score (nSPS) is 25.5. The average molecular weight is 625 g/mol. The molecule has 0 radical (unpaired) electrons. The van der Waals surface area contributed by atoms with Crippen LogP contribution in [0.1, 0.15) is 60.5 Å². The summed E-state index contributed by atoms with van der Waals surface area (Å²) in [5, 5.41) is 0.760. The van der Waals surface area contributed by atoms with Crippen LogP contribution in [0.5, 0.6) is 5.75 Å². The Morgan fingerprint density at radius 2 is 2.09 bits per heavy atom. The van der Waals surface area contributed by atoms with Gasteiger partial charge in [-0.05, 0) is 97.7 Å². The minimum absolute atomic E-state index is 0.0147. The molecule has 232 valence electrons. The number of fused-ring (bicyclic) bond motifs is 3. The maximum Gasteiger partial charge on any atom is 0.285 e. The Kier molecular flexibility index (Phi) is 9.74. The second-order valence-electron chi connectivity index (χ2n) is 12.9. The van der Waals surface area contributed by atoms with E-state index >= 15 is 0 Å². The van der Waals surface area contributed by atoms with Gasteiger partial charge < -0.3 is 14.4 Å². The molecule has 1 aliphatic heterocycles. The number of halogens is 1. The van der Waals surface area contributed by atoms with Crippen molar-refractivity contribution < 1.29 is 18.5 Å². The molecule has 1 amide bonds. The molecule has 5 rings (SSSR count). The van der Waals surface area contributed by atoms with Gasteiger partial charge in [0.25, 0.3) is 5.91 Å². The Balaban J connectivity index is 1.51. The molecule has 1 spiro atoms. The van der Waals surface area contributed by atoms with Crippen LogP contribution in [0.25, 0.3) is 0 Å². The first-order valence-corrected chi connectivity index (χ1v) is 17.9. The zero-order valence-corrected chi connectivity index (χ0v) is 27.3. The van der Waals surface area contributed by atoms with Crippen LogP contribution in [-0.2, 0) is 26.3 Å². The zero-order chi connectivity index (χ0) is 30.8. The Bertz CT molecular complexity index is 1500. The minimum atomic E-state index is -2.69. The van der Waals surface area contributed by atoms with Gasteiger partial charge in [0.2, 0.25) is 0 Å². The number of aryl methyl sites for hydroxylation is 1. The highest BCUT2D eigenvalue weighted by atomic mass is 35.5. The number of anilines is 1. The molecular formula is C35H45ClN2O4S. The number of hydrogen-bond acceptors (Lipinski definition) is 5. The molecule has 2 aliphatic carbocycles. The topological polar surface area (TPSA) is 68.2 Å². The second kappa shape index (κ2) is 13.2. The number of nitrogens with zero attached hydrogens (tertiary/aromatic N) is 2. The summed E-state index contributed by atoms with van der Waals surface area (Å²) in [5.41, 5.74) is 3.70. The lowest BCUT2D eigenvalue weighted by Gasteiger charge is -2.46. The van der Waals surface area contributed by atoms with E-state index in [1.54, 1.807) is 19.4 Å². The van der Waals surface area contributed by atoms with Crippen LogP contribution in [0, 0.1) is 17.8 Å². The lowest BCUT2D eigenvalue weighted by atomic mass is 9.68. The Hall–Kier alpha value is -2.61. The standard InChI is InChI=1S/C35H45ClN2O4S/c1-6-9-24(3)21-43(5,40)37-34(39)26-12-16-33-31(19-26)38(20-27-11-14-29(27)32(7-2)41-4)22-35(23-42-33)17-8-10-25-18-28(36)13-15-30(25)35/h6-7,12-13,15-16,18-19,24,27,29,32H,1-2,8-11,14,17,20-23H2,3-5H3/t24-,27-,29+,32-,35-,43+/m0/s1. The molecule has 6 atom stereocenters. The van der Waals surface area contributed by atoms with Crippen molar-refractivity contribution in [1.82, 2.24) is 0 Å². The SMILES string of the molecule is C=CC[C@H](C)C[S@@](C)(=O)=NC(=O)c1ccc2c(c1)N(C[C@@H]1CC[C@H]1[C@H](C=C)OC)C[C@@]1(CCCc3cc(Cl)ccc31)CO2. The van der Waals surface area contributed by atoms with Gasteiger partial charge in [-0.15, -0.1) is 13.2 Å². The predicted molar refractivity (Wildman–Crippen MR) is 177 cm³/mol. The lowest BCUT2D eigenvalue weighted by molar-refractivity contribution is 0.0135. The van der Waals surface area contributed by atoms with E-state index in [0.29, 0.717) is 29.8 Å². The summed E-state index contributed by atoms with van der Waals surface area (Å²) in [6.45, 7) is 11.9. The Morgan fingerprint density at radius 3 is 2.79 bits per heavy atom. The molecular weight excluding hydrogens is 580 g/mol. The van der Waals surface area contributed by atoms with Crippen molar-refractivity contribution in [3.63, 3.8) is 0 Å². The molecule has 0 saturated heterocycles. The molecule has 43 heavy (non-hydrogen) atoms. The number of ether oxygens (including phenoxy) is 2. The van der Waals surface area contributed by atoms with E-state index in [1.165, 1.54) is 11.1 Å². The third kappa shape index (κ3) is 6.89. The van der Waals surface area contributed by atoms with E-state index in [9.17, 15) is 9.00 Å². The van der Waals surface area contributed by atoms with Gasteiger partial charge in [0.05, 0.1) is 28.1 Å². The monoisotopic (exact) mass is 624 g/mol. The van der Waals surface area contributed by atoms with Crippen LogP contribution in [0.3, 0.4) is 0 Å². The molecule has 0 unspecified atom stereocenters. The van der Waals surface area contributed by atoms with Gasteiger partial charge in [0, 0.05) is 48.2 Å². The predicted octanol–water partition coefficient (Wildman–Crippen LogP) is 7.49. The van der Waals surface area contributed by atoms with Crippen LogP contribution in [0.2, 0.25) is 5.02 Å². The van der Waals surface area contributed by atoms with Crippen molar-refractivity contribution >= 4 is 32.9 Å². The number of allylic oxidation sites excluding steroid dienone is 1. The molecule has 1 heterocycles. The molecule has 0 N–H and O–H groups in total. The first-order chi connectivity index (χ1) is 20.6. The van der Waals surface area contributed by atoms with Crippen molar-refractivity contribution in [2.24, 2.45) is 22.1 Å². The number of amides is 1. The van der Waals surface area contributed by atoms with Gasteiger partial charge in [-0.3, -0.25) is 4.79 Å². The zero-order valence-electron chi connectivity index (χ0n) is 25.7. The summed E-state index contributed by atoms with van der Waals surface area (Å²) < 4.78 is 29.9. The fourth-order valence-corrected chi connectivity index (χ4v) is 9.29. The van der Waals surface area contributed by atoms with Crippen LogP contribution in [0.4, 0.5) is 5.69 Å². The van der Waals surface area contributed by atoms with Crippen molar-refractivity contribution in [3.05, 3.63) is 83.4 Å². The smallest absolute Gasteiger partial charge is 0.285 e. The summed E-state index contributed by atoms with van der Waals surface area (Å²) in [6.07, 6.45) is 11.3. The molecule has 0 bridgehead atoms. The van der Waals surface area contributed by atoms with Gasteiger partial charge in [-0.2, -0.15) is 4.36 Å². The number of methoxy groups -OCH3 is 1. The summed E-state index contributed by atoms with van der Waals surface area (Å²) in [6, 6.07) is 11.8. The minimum Gasteiger partial charge on any atom is -0.490 e. The van der Waals surface area contributed by atoms with Crippen molar-refractivity contribution in [2.45, 2.75) is 57.0 Å². The van der Waals surface area contributed by atoms with Gasteiger partial charge in [-0.25, -0.2) is 4.21 Å². The maximum absolute atomic E-state index is 13.4. The lowest BCUT2D eigenvalue weighted by Crippen LogP contribution is -2.49. The summed E-state index contributed by atoms with van der Waals surface area (Å²) in [7, 11) is -0.938. The van der Waals surface area contributed by atoms with E-state index < -0.39 is 15.6 Å². The first kappa shape index (κ1) is 31.8. The third-order valence-electron chi connectivity index (χ3n) is 9.58. The van der Waals surface area contributed by atoms with E-state index in [0.717, 1.165) is 68.1 Å². The van der Waals surface area contributed by atoms with Crippen molar-refractivity contribution in [1.29, 1.82) is 0 Å². The second-order valence-corrected chi connectivity index (χ2v) is 15.7. The van der Waals surface area contributed by atoms with E-state index in [1.807, 2.05) is 37.3 Å². The molecule has 1 fully saturated rings. The van der Waals surface area contributed by atoms with Crippen LogP contribution >= 0.6 is 11.6 Å². The van der Waals surface area contributed by atoms with Gasteiger partial charge >= 0.3 is 0 Å². The number of hydrogen-bond donors (Lipinski definition) is 0. The van der Waals surface area contributed by atoms with Gasteiger partial charge in [0.15, 0.2) is 0 Å². The summed E-state index contributed by atoms with van der Waals surface area (Å²) in [4.78, 5) is 15.8. The molecule has 2 aromatic carbocycles. The summed E-state index contributed by atoms with van der Waals surface area (Å²) >= 11 is 6.42. The van der Waals surface area contributed by atoms with Crippen molar-refractivity contribution in [3.8, 4) is 5.75 Å². The van der Waals surface area contributed by atoms with Gasteiger partial charge in [0.1, 0.15) is 5.75 Å². The molecule has 6 nitrogen and oxygen atoms in total. The number of benzene rings is 2. The fraction of sp³-hybridized carbons (Fsp3) is 0.514. The van der Waals surface area contributed by atoms with E-state index in [-0.39, 0.29) is 17.4 Å². The Morgan fingerprint density at radius 1 is 1.28 bits per heavy atom. The number of rotatable bonds is 10. The van der Waals surface area contributed by atoms with Crippen molar-refractivity contribution in [2.75, 3.05) is 43.7 Å². The Labute approximate surface area is 262 Å². The van der Waals surface area contributed by atoms with Crippen LogP contribution in [-0.4, -0.2) is 55.0 Å². The highest BCUT2D eigenvalue weighted by Crippen LogP contribution is 2.47. The van der Waals surface area contributed by atoms with E-state index in [2.05, 4.69) is 34.6 Å². The van der Waals surface area contributed by atoms with Crippen LogP contribution < -0.4 is 9.64 Å². The first-order valence-electron chi connectivity index (χ1n) is 15.4. The fourth-order valence-electron chi connectivity index (χ4n) is 7.38. The maximum atomic E-state index is 13.4. The highest BCUT2D eigenvalue weighted by Gasteiger charge is 2.44. The van der Waals surface area contributed by atoms with Crippen LogP contribution in [0.15, 0.2) is 66.1 Å². The highest BCUT2D eigenvalue weighted by molar-refractivity contribution is 7.93. The number of carbonyl (C=O) groups is 1. The largest absolute Gasteiger partial charge is 0.490 e. The molecule has 1 saturated carbocycles. The number of carbonyl (C=O) groups excluding carboxylic acids is 1. The van der Waals surface area contributed by atoms with E-state index in [4.69, 9.17) is 21.1 Å². The quantitative estimate of drug-likeness (QED) is 0.256. The third-order valence-corrected chi connectivity index (χ3v) is 11.6.